The standard InChI is InChI=1S/C23H18ClF6N5OS2/c24-14-5-12-8-31-2-1-11(12)6-15(14)33-21-32-9-13(23(28,29)30)18(34-21)16-7-17-19(38-16)20(36)35(3-4-37-17)10-22(25,26)27/h5-7,9,31H,1-4,8,10H2,(H,32,33,34). The first-order chi connectivity index (χ1) is 17.9. The van der Waals surface area contributed by atoms with Gasteiger partial charge in [0.2, 0.25) is 5.95 Å². The molecule has 1 aromatic carbocycles. The molecule has 0 aliphatic carbocycles. The van der Waals surface area contributed by atoms with Crippen LogP contribution in [0.3, 0.4) is 0 Å². The van der Waals surface area contributed by atoms with Gasteiger partial charge < -0.3 is 15.5 Å². The summed E-state index contributed by atoms with van der Waals surface area (Å²) in [5, 5.41) is 6.45. The predicted octanol–water partition coefficient (Wildman–Crippen LogP) is 6.38. The van der Waals surface area contributed by atoms with Crippen LogP contribution in [-0.4, -0.2) is 52.3 Å². The molecule has 38 heavy (non-hydrogen) atoms. The Hall–Kier alpha value is -2.55. The highest BCUT2D eigenvalue weighted by atomic mass is 35.5. The molecule has 2 aromatic heterocycles. The average Bonchev–Trinajstić information content (AvgIpc) is 3.20. The normalized spacial score (nSPS) is 16.2. The van der Waals surface area contributed by atoms with Gasteiger partial charge in [-0.1, -0.05) is 11.6 Å². The van der Waals surface area contributed by atoms with E-state index in [1.54, 1.807) is 12.1 Å². The van der Waals surface area contributed by atoms with Crippen LogP contribution in [0.2, 0.25) is 5.02 Å². The summed E-state index contributed by atoms with van der Waals surface area (Å²) in [5.74, 6) is -0.861. The van der Waals surface area contributed by atoms with Crippen molar-refractivity contribution >= 4 is 52.2 Å². The van der Waals surface area contributed by atoms with E-state index in [-0.39, 0.29) is 28.0 Å². The average molecular weight is 594 g/mol. The van der Waals surface area contributed by atoms with Gasteiger partial charge in [0.1, 0.15) is 17.0 Å². The van der Waals surface area contributed by atoms with Gasteiger partial charge in [0, 0.05) is 29.9 Å². The lowest BCUT2D eigenvalue weighted by atomic mass is 10.0. The Morgan fingerprint density at radius 1 is 1.13 bits per heavy atom. The molecule has 6 nitrogen and oxygen atoms in total. The number of thioether (sulfide) groups is 1. The van der Waals surface area contributed by atoms with Crippen LogP contribution in [0.1, 0.15) is 26.4 Å². The number of fused-ring (bicyclic) bond motifs is 2. The SMILES string of the molecule is O=C1c2sc(-c3nc(Nc4cc5c(cc4Cl)CNCC5)ncc3C(F)(F)F)cc2SCCN1CC(F)(F)F. The third-order valence-corrected chi connectivity index (χ3v) is 8.51. The molecular formula is C23H18ClF6N5OS2. The van der Waals surface area contributed by atoms with E-state index in [4.69, 9.17) is 11.6 Å². The minimum Gasteiger partial charge on any atom is -0.328 e. The van der Waals surface area contributed by atoms with Crippen molar-refractivity contribution in [3.8, 4) is 10.6 Å². The zero-order valence-corrected chi connectivity index (χ0v) is 21.7. The molecule has 2 N–H and O–H groups in total. The molecular weight excluding hydrogens is 576 g/mol. The number of benzene rings is 1. The summed E-state index contributed by atoms with van der Waals surface area (Å²) < 4.78 is 80.6. The van der Waals surface area contributed by atoms with Gasteiger partial charge in [-0.2, -0.15) is 26.3 Å². The van der Waals surface area contributed by atoms with Gasteiger partial charge >= 0.3 is 12.4 Å². The van der Waals surface area contributed by atoms with Crippen molar-refractivity contribution in [2.24, 2.45) is 0 Å². The number of thiophene rings is 1. The van der Waals surface area contributed by atoms with Crippen LogP contribution in [0.15, 0.2) is 29.3 Å². The molecule has 0 radical (unpaired) electrons. The molecule has 1 amide bonds. The molecule has 0 bridgehead atoms. The largest absolute Gasteiger partial charge is 0.420 e. The molecule has 2 aliphatic rings. The maximum atomic E-state index is 13.9. The van der Waals surface area contributed by atoms with E-state index in [2.05, 4.69) is 20.6 Å². The number of aromatic nitrogens is 2. The number of hydrogen-bond donors (Lipinski definition) is 2. The second-order valence-corrected chi connectivity index (χ2v) is 11.2. The number of halogens is 7. The Balaban J connectivity index is 1.52. The highest BCUT2D eigenvalue weighted by Gasteiger charge is 2.38. The lowest BCUT2D eigenvalue weighted by Gasteiger charge is -2.21. The number of carbonyl (C=O) groups is 1. The van der Waals surface area contributed by atoms with Crippen LogP contribution in [-0.2, 0) is 19.1 Å². The number of nitrogens with zero attached hydrogens (tertiary/aromatic N) is 3. The second kappa shape index (κ2) is 10.2. The summed E-state index contributed by atoms with van der Waals surface area (Å²) in [5.41, 5.74) is 0.855. The number of anilines is 2. The first-order valence-electron chi connectivity index (χ1n) is 11.3. The summed E-state index contributed by atoms with van der Waals surface area (Å²) in [6.45, 7) is -0.148. The number of alkyl halides is 6. The van der Waals surface area contributed by atoms with Crippen molar-refractivity contribution in [2.75, 3.05) is 30.7 Å². The van der Waals surface area contributed by atoms with Gasteiger partial charge in [-0.05, 0) is 42.3 Å². The van der Waals surface area contributed by atoms with Gasteiger partial charge in [0.25, 0.3) is 5.91 Å². The summed E-state index contributed by atoms with van der Waals surface area (Å²) in [6, 6.07) is 4.93. The zero-order valence-electron chi connectivity index (χ0n) is 19.3. The monoisotopic (exact) mass is 593 g/mol. The molecule has 0 spiro atoms. The van der Waals surface area contributed by atoms with Crippen molar-refractivity contribution in [3.63, 3.8) is 0 Å². The van der Waals surface area contributed by atoms with Gasteiger partial charge in [0.05, 0.1) is 21.3 Å². The number of rotatable bonds is 4. The summed E-state index contributed by atoms with van der Waals surface area (Å²) in [7, 11) is 0. The summed E-state index contributed by atoms with van der Waals surface area (Å²) >= 11 is 8.17. The molecule has 0 unspecified atom stereocenters. The van der Waals surface area contributed by atoms with Gasteiger partial charge in [-0.25, -0.2) is 9.97 Å². The predicted molar refractivity (Wildman–Crippen MR) is 133 cm³/mol. The number of nitrogens with one attached hydrogen (secondary N) is 2. The highest BCUT2D eigenvalue weighted by molar-refractivity contribution is 7.99. The van der Waals surface area contributed by atoms with Crippen molar-refractivity contribution in [3.05, 3.63) is 51.0 Å². The lowest BCUT2D eigenvalue weighted by molar-refractivity contribution is -0.140. The smallest absolute Gasteiger partial charge is 0.328 e. The van der Waals surface area contributed by atoms with E-state index in [1.165, 1.54) is 6.07 Å². The maximum Gasteiger partial charge on any atom is 0.420 e. The zero-order chi connectivity index (χ0) is 27.2. The van der Waals surface area contributed by atoms with E-state index in [0.29, 0.717) is 44.6 Å². The Morgan fingerprint density at radius 3 is 2.66 bits per heavy atom. The minimum atomic E-state index is -4.81. The van der Waals surface area contributed by atoms with Crippen molar-refractivity contribution in [1.82, 2.24) is 20.2 Å². The Kier molecular flexibility index (Phi) is 7.26. The fourth-order valence-corrected chi connectivity index (χ4v) is 6.77. The highest BCUT2D eigenvalue weighted by Crippen LogP contribution is 2.43. The van der Waals surface area contributed by atoms with Crippen LogP contribution in [0.4, 0.5) is 38.0 Å². The van der Waals surface area contributed by atoms with E-state index in [1.807, 2.05) is 0 Å². The molecule has 0 atom stereocenters. The first-order valence-corrected chi connectivity index (χ1v) is 13.4. The Labute approximate surface area is 225 Å². The van der Waals surface area contributed by atoms with Crippen molar-refractivity contribution in [1.29, 1.82) is 0 Å². The van der Waals surface area contributed by atoms with E-state index in [0.717, 1.165) is 35.9 Å². The Bertz CT molecular complexity index is 1390. The number of carbonyl (C=O) groups excluding carboxylic acids is 1. The van der Waals surface area contributed by atoms with Crippen LogP contribution in [0.5, 0.6) is 0 Å². The molecule has 0 saturated carbocycles. The van der Waals surface area contributed by atoms with Crippen LogP contribution >= 0.6 is 34.7 Å². The second-order valence-electron chi connectivity index (χ2n) is 8.60. The molecule has 3 aromatic rings. The lowest BCUT2D eigenvalue weighted by Crippen LogP contribution is -2.39. The molecule has 5 rings (SSSR count). The number of amides is 1. The third-order valence-electron chi connectivity index (χ3n) is 5.92. The summed E-state index contributed by atoms with van der Waals surface area (Å²) in [4.78, 5) is 21.7. The fourth-order valence-electron chi connectivity index (χ4n) is 4.18. The summed E-state index contributed by atoms with van der Waals surface area (Å²) in [6.07, 6.45) is -8.03. The fraction of sp³-hybridized carbons (Fsp3) is 0.348. The quantitative estimate of drug-likeness (QED) is 0.342. The number of hydrogen-bond acceptors (Lipinski definition) is 7. The Morgan fingerprint density at radius 2 is 1.92 bits per heavy atom. The molecule has 202 valence electrons. The van der Waals surface area contributed by atoms with E-state index < -0.39 is 36.1 Å². The third kappa shape index (κ3) is 5.72. The maximum absolute atomic E-state index is 13.9. The van der Waals surface area contributed by atoms with Gasteiger partial charge in [-0.3, -0.25) is 4.79 Å². The molecule has 15 heteroatoms. The van der Waals surface area contributed by atoms with Crippen LogP contribution in [0.25, 0.3) is 10.6 Å². The molecule has 0 fully saturated rings. The van der Waals surface area contributed by atoms with Crippen molar-refractivity contribution in [2.45, 2.75) is 30.2 Å². The van der Waals surface area contributed by atoms with E-state index >= 15 is 0 Å². The van der Waals surface area contributed by atoms with Crippen LogP contribution in [0, 0.1) is 0 Å². The minimum absolute atomic E-state index is 0.00917. The van der Waals surface area contributed by atoms with Crippen LogP contribution < -0.4 is 10.6 Å². The molecule has 0 saturated heterocycles. The van der Waals surface area contributed by atoms with E-state index in [9.17, 15) is 31.1 Å². The topological polar surface area (TPSA) is 70.1 Å². The van der Waals surface area contributed by atoms with Gasteiger partial charge in [-0.15, -0.1) is 23.1 Å². The van der Waals surface area contributed by atoms with Gasteiger partial charge in [0.15, 0.2) is 0 Å². The first kappa shape index (κ1) is 27.0. The molecule has 4 heterocycles. The molecule has 2 aliphatic heterocycles. The van der Waals surface area contributed by atoms with Crippen molar-refractivity contribution < 1.29 is 31.1 Å².